The summed E-state index contributed by atoms with van der Waals surface area (Å²) >= 11 is 5.61. The van der Waals surface area contributed by atoms with Crippen LogP contribution < -0.4 is 4.90 Å². The number of rotatable bonds is 2. The van der Waals surface area contributed by atoms with Crippen LogP contribution in [0.2, 0.25) is 5.02 Å². The summed E-state index contributed by atoms with van der Waals surface area (Å²) in [6.45, 7) is -0.0224. The Morgan fingerprint density at radius 2 is 2.24 bits per heavy atom. The molecule has 2 rings (SSSR count). The van der Waals surface area contributed by atoms with Gasteiger partial charge in [-0.1, -0.05) is 17.7 Å². The topological polar surface area (TPSA) is 57.6 Å². The highest BCUT2D eigenvalue weighted by molar-refractivity contribution is 6.31. The van der Waals surface area contributed by atoms with Crippen LogP contribution in [0.25, 0.3) is 0 Å². The number of carboxylic acids is 1. The van der Waals surface area contributed by atoms with Gasteiger partial charge in [-0.05, 0) is 12.1 Å². The van der Waals surface area contributed by atoms with Crippen molar-refractivity contribution in [2.45, 2.75) is 6.42 Å². The van der Waals surface area contributed by atoms with Crippen LogP contribution in [0.1, 0.15) is 6.42 Å². The maximum absolute atomic E-state index is 13.7. The van der Waals surface area contributed by atoms with Crippen LogP contribution in [0.5, 0.6) is 0 Å². The molecule has 1 heterocycles. The van der Waals surface area contributed by atoms with E-state index in [-0.39, 0.29) is 23.7 Å². The highest BCUT2D eigenvalue weighted by Crippen LogP contribution is 2.30. The van der Waals surface area contributed by atoms with Crippen LogP contribution in [-0.4, -0.2) is 23.5 Å². The molecule has 0 aromatic heterocycles. The molecule has 1 fully saturated rings. The van der Waals surface area contributed by atoms with Crippen molar-refractivity contribution in [1.82, 2.24) is 0 Å². The Hall–Kier alpha value is -1.62. The number of halogens is 2. The van der Waals surface area contributed by atoms with Crippen LogP contribution in [-0.2, 0) is 9.59 Å². The number of carboxylic acid groups (broad SMARTS) is 1. The fourth-order valence-electron chi connectivity index (χ4n) is 1.81. The molecular weight excluding hydrogens is 249 g/mol. The summed E-state index contributed by atoms with van der Waals surface area (Å²) in [7, 11) is 0. The van der Waals surface area contributed by atoms with Crippen molar-refractivity contribution >= 4 is 29.2 Å². The Labute approximate surface area is 102 Å². The van der Waals surface area contributed by atoms with Gasteiger partial charge in [0.05, 0.1) is 16.6 Å². The van der Waals surface area contributed by atoms with Crippen LogP contribution in [0.3, 0.4) is 0 Å². The summed E-state index contributed by atoms with van der Waals surface area (Å²) in [6, 6.07) is 4.29. The quantitative estimate of drug-likeness (QED) is 0.881. The first kappa shape index (κ1) is 11.9. The fourth-order valence-corrected chi connectivity index (χ4v) is 1.98. The molecule has 0 spiro atoms. The summed E-state index contributed by atoms with van der Waals surface area (Å²) in [5, 5.41) is 8.73. The largest absolute Gasteiger partial charge is 0.481 e. The Balaban J connectivity index is 2.32. The first-order valence-corrected chi connectivity index (χ1v) is 5.35. The molecule has 1 aromatic rings. The molecule has 0 aliphatic carbocycles. The maximum Gasteiger partial charge on any atom is 0.308 e. The van der Waals surface area contributed by atoms with E-state index in [0.29, 0.717) is 0 Å². The van der Waals surface area contributed by atoms with Gasteiger partial charge in [0.25, 0.3) is 0 Å². The number of aliphatic carboxylic acids is 1. The number of benzene rings is 1. The predicted molar refractivity (Wildman–Crippen MR) is 59.5 cm³/mol. The standard InChI is InChI=1S/C11H9ClFNO3/c12-7-2-1-3-8(10(7)13)14-5-6(11(16)17)4-9(14)15/h1-3,6H,4-5H2,(H,16,17)/t6-/m1/s1. The van der Waals surface area contributed by atoms with Gasteiger partial charge < -0.3 is 10.0 Å². The van der Waals surface area contributed by atoms with Crippen molar-refractivity contribution in [1.29, 1.82) is 0 Å². The lowest BCUT2D eigenvalue weighted by Gasteiger charge is -2.17. The third-order valence-electron chi connectivity index (χ3n) is 2.70. The molecule has 0 unspecified atom stereocenters. The molecule has 1 saturated heterocycles. The number of anilines is 1. The van der Waals surface area contributed by atoms with E-state index in [2.05, 4.69) is 0 Å². The van der Waals surface area contributed by atoms with Crippen LogP contribution in [0, 0.1) is 11.7 Å². The van der Waals surface area contributed by atoms with Crippen molar-refractivity contribution in [3.63, 3.8) is 0 Å². The van der Waals surface area contributed by atoms with Crippen molar-refractivity contribution in [2.75, 3.05) is 11.4 Å². The lowest BCUT2D eigenvalue weighted by Crippen LogP contribution is -2.26. The summed E-state index contributed by atoms with van der Waals surface area (Å²) in [4.78, 5) is 23.5. The third-order valence-corrected chi connectivity index (χ3v) is 2.99. The van der Waals surface area contributed by atoms with Gasteiger partial charge in [0.15, 0.2) is 5.82 Å². The van der Waals surface area contributed by atoms with Crippen molar-refractivity contribution in [2.24, 2.45) is 5.92 Å². The molecule has 0 bridgehead atoms. The number of carbonyl (C=O) groups is 2. The van der Waals surface area contributed by atoms with E-state index in [9.17, 15) is 14.0 Å². The zero-order chi connectivity index (χ0) is 12.6. The van der Waals surface area contributed by atoms with Gasteiger partial charge in [0.2, 0.25) is 5.91 Å². The van der Waals surface area contributed by atoms with E-state index in [0.717, 1.165) is 4.90 Å². The molecule has 1 N–H and O–H groups in total. The molecule has 6 heteroatoms. The van der Waals surface area contributed by atoms with E-state index >= 15 is 0 Å². The molecule has 1 amide bonds. The molecule has 1 aromatic carbocycles. The third kappa shape index (κ3) is 2.10. The molecule has 0 radical (unpaired) electrons. The van der Waals surface area contributed by atoms with E-state index < -0.39 is 23.6 Å². The lowest BCUT2D eigenvalue weighted by atomic mass is 10.1. The minimum Gasteiger partial charge on any atom is -0.481 e. The van der Waals surface area contributed by atoms with Crippen LogP contribution in [0.4, 0.5) is 10.1 Å². The zero-order valence-corrected chi connectivity index (χ0v) is 9.45. The van der Waals surface area contributed by atoms with Gasteiger partial charge in [0, 0.05) is 13.0 Å². The number of hydrogen-bond donors (Lipinski definition) is 1. The molecule has 17 heavy (non-hydrogen) atoms. The summed E-state index contributed by atoms with van der Waals surface area (Å²) < 4.78 is 13.7. The average Bonchev–Trinajstić information content (AvgIpc) is 2.65. The van der Waals surface area contributed by atoms with E-state index in [1.54, 1.807) is 0 Å². The lowest BCUT2D eigenvalue weighted by molar-refractivity contribution is -0.141. The molecular formula is C11H9ClFNO3. The minimum absolute atomic E-state index is 0.0224. The second-order valence-corrected chi connectivity index (χ2v) is 4.22. The Morgan fingerprint density at radius 3 is 2.82 bits per heavy atom. The second kappa shape index (κ2) is 4.33. The number of amides is 1. The number of hydrogen-bond acceptors (Lipinski definition) is 2. The normalized spacial score (nSPS) is 19.8. The molecule has 1 aliphatic heterocycles. The van der Waals surface area contributed by atoms with Crippen molar-refractivity contribution in [3.05, 3.63) is 29.0 Å². The van der Waals surface area contributed by atoms with Gasteiger partial charge >= 0.3 is 5.97 Å². The summed E-state index contributed by atoms with van der Waals surface area (Å²) in [5.74, 6) is -2.95. The van der Waals surface area contributed by atoms with Gasteiger partial charge in [-0.25, -0.2) is 4.39 Å². The second-order valence-electron chi connectivity index (χ2n) is 3.82. The minimum atomic E-state index is -1.05. The first-order valence-electron chi connectivity index (χ1n) is 4.98. The number of carbonyl (C=O) groups excluding carboxylic acids is 1. The number of nitrogens with zero attached hydrogens (tertiary/aromatic N) is 1. The monoisotopic (exact) mass is 257 g/mol. The van der Waals surface area contributed by atoms with Gasteiger partial charge in [-0.3, -0.25) is 9.59 Å². The zero-order valence-electron chi connectivity index (χ0n) is 8.69. The maximum atomic E-state index is 13.7. The smallest absolute Gasteiger partial charge is 0.308 e. The first-order chi connectivity index (χ1) is 8.00. The van der Waals surface area contributed by atoms with E-state index in [1.165, 1.54) is 18.2 Å². The predicted octanol–water partition coefficient (Wildman–Crippen LogP) is 1.92. The molecule has 90 valence electrons. The van der Waals surface area contributed by atoms with E-state index in [4.69, 9.17) is 16.7 Å². The van der Waals surface area contributed by atoms with Gasteiger partial charge in [-0.15, -0.1) is 0 Å². The molecule has 1 atom stereocenters. The Morgan fingerprint density at radius 1 is 1.53 bits per heavy atom. The summed E-state index contributed by atoms with van der Waals surface area (Å²) in [6.07, 6.45) is -0.110. The molecule has 1 aliphatic rings. The Kier molecular flexibility index (Phi) is 3.02. The fraction of sp³-hybridized carbons (Fsp3) is 0.273. The molecule has 4 nitrogen and oxygen atoms in total. The average molecular weight is 258 g/mol. The highest BCUT2D eigenvalue weighted by atomic mass is 35.5. The van der Waals surface area contributed by atoms with Crippen molar-refractivity contribution < 1.29 is 19.1 Å². The van der Waals surface area contributed by atoms with Crippen molar-refractivity contribution in [3.8, 4) is 0 Å². The summed E-state index contributed by atoms with van der Waals surface area (Å²) in [5.41, 5.74) is 0.0336. The van der Waals surface area contributed by atoms with Gasteiger partial charge in [0.1, 0.15) is 0 Å². The highest BCUT2D eigenvalue weighted by Gasteiger charge is 2.36. The SMILES string of the molecule is O=C(O)[C@@H]1CC(=O)N(c2cccc(Cl)c2F)C1. The van der Waals surface area contributed by atoms with Gasteiger partial charge in [-0.2, -0.15) is 0 Å². The van der Waals surface area contributed by atoms with Crippen LogP contribution in [0.15, 0.2) is 18.2 Å². The molecule has 0 saturated carbocycles. The van der Waals surface area contributed by atoms with Crippen LogP contribution >= 0.6 is 11.6 Å². The Bertz CT molecular complexity index is 492. The van der Waals surface area contributed by atoms with E-state index in [1.807, 2.05) is 0 Å².